The summed E-state index contributed by atoms with van der Waals surface area (Å²) in [6, 6.07) is 12.5. The molecular formula is C21H25N5OS2. The van der Waals surface area contributed by atoms with Crippen molar-refractivity contribution in [2.24, 2.45) is 0 Å². The van der Waals surface area contributed by atoms with Gasteiger partial charge < -0.3 is 14.8 Å². The van der Waals surface area contributed by atoms with Gasteiger partial charge in [-0.05, 0) is 55.5 Å². The summed E-state index contributed by atoms with van der Waals surface area (Å²) in [6.07, 6.45) is 3.10. The Kier molecular flexibility index (Phi) is 5.91. The molecule has 1 aromatic carbocycles. The van der Waals surface area contributed by atoms with E-state index in [1.807, 2.05) is 50.2 Å². The number of nitrogens with zero attached hydrogens (tertiary/aromatic N) is 4. The molecule has 29 heavy (non-hydrogen) atoms. The number of nitrogens with one attached hydrogen (secondary N) is 1. The van der Waals surface area contributed by atoms with Gasteiger partial charge >= 0.3 is 0 Å². The fraction of sp³-hybridized carbons (Fsp3) is 0.381. The lowest BCUT2D eigenvalue weighted by atomic mass is 10.2. The maximum Gasteiger partial charge on any atom is 0.237 e. The van der Waals surface area contributed by atoms with Crippen molar-refractivity contribution in [1.82, 2.24) is 14.8 Å². The summed E-state index contributed by atoms with van der Waals surface area (Å²) < 4.78 is 2.24. The maximum atomic E-state index is 12.7. The van der Waals surface area contributed by atoms with Gasteiger partial charge in [0.1, 0.15) is 5.82 Å². The van der Waals surface area contributed by atoms with Crippen LogP contribution < -0.4 is 10.2 Å². The van der Waals surface area contributed by atoms with E-state index in [0.717, 1.165) is 41.6 Å². The van der Waals surface area contributed by atoms with Gasteiger partial charge in [-0.25, -0.2) is 0 Å². The van der Waals surface area contributed by atoms with Crippen LogP contribution in [0.2, 0.25) is 0 Å². The minimum Gasteiger partial charge on any atom is -0.378 e. The molecule has 0 spiro atoms. The quantitative estimate of drug-likeness (QED) is 0.538. The van der Waals surface area contributed by atoms with Crippen molar-refractivity contribution in [3.63, 3.8) is 0 Å². The van der Waals surface area contributed by atoms with Gasteiger partial charge in [0, 0.05) is 42.8 Å². The van der Waals surface area contributed by atoms with Gasteiger partial charge in [-0.1, -0.05) is 17.8 Å². The first-order valence-electron chi connectivity index (χ1n) is 9.72. The topological polar surface area (TPSA) is 63.1 Å². The average Bonchev–Trinajstić information content (AvgIpc) is 3.26. The zero-order chi connectivity index (χ0) is 20.4. The molecule has 1 fully saturated rings. The van der Waals surface area contributed by atoms with Crippen LogP contribution in [0.1, 0.15) is 36.5 Å². The number of thiophene rings is 1. The summed E-state index contributed by atoms with van der Waals surface area (Å²) in [5, 5.41) is 14.5. The monoisotopic (exact) mass is 427 g/mol. The Morgan fingerprint density at radius 3 is 2.66 bits per heavy atom. The third kappa shape index (κ3) is 4.82. The van der Waals surface area contributed by atoms with E-state index in [0.29, 0.717) is 6.04 Å². The lowest BCUT2D eigenvalue weighted by Crippen LogP contribution is -2.23. The molecule has 1 aliphatic carbocycles. The number of carbonyl (C=O) groups excluding carboxylic acids is 1. The molecule has 1 saturated carbocycles. The third-order valence-electron chi connectivity index (χ3n) is 4.86. The van der Waals surface area contributed by atoms with Crippen molar-refractivity contribution in [3.05, 3.63) is 52.5 Å². The molecule has 1 N–H and O–H groups in total. The van der Waals surface area contributed by atoms with E-state index < -0.39 is 0 Å². The standard InChI is InChI=1S/C21H25N5OS2/c1-14(20(27)22-15-6-8-16(9-7-15)25(2)3)29-21-24-23-19(26(21)17-10-11-17)13-18-5-4-12-28-18/h4-9,12,14,17H,10-11,13H2,1-3H3,(H,22,27)/t14-/m1/s1. The van der Waals surface area contributed by atoms with Crippen molar-refractivity contribution in [3.8, 4) is 0 Å². The molecular weight excluding hydrogens is 402 g/mol. The molecule has 1 aliphatic rings. The molecule has 6 nitrogen and oxygen atoms in total. The number of rotatable bonds is 8. The molecule has 2 heterocycles. The molecule has 0 aliphatic heterocycles. The van der Waals surface area contributed by atoms with Crippen LogP contribution in [-0.4, -0.2) is 40.0 Å². The summed E-state index contributed by atoms with van der Waals surface area (Å²) in [5.74, 6) is 0.960. The van der Waals surface area contributed by atoms with Crippen molar-refractivity contribution in [1.29, 1.82) is 0 Å². The molecule has 0 bridgehead atoms. The lowest BCUT2D eigenvalue weighted by molar-refractivity contribution is -0.115. The average molecular weight is 428 g/mol. The largest absolute Gasteiger partial charge is 0.378 e. The van der Waals surface area contributed by atoms with Gasteiger partial charge in [0.25, 0.3) is 0 Å². The third-order valence-corrected chi connectivity index (χ3v) is 6.80. The zero-order valence-electron chi connectivity index (χ0n) is 16.8. The van der Waals surface area contributed by atoms with Gasteiger partial charge in [0.05, 0.1) is 5.25 Å². The van der Waals surface area contributed by atoms with Gasteiger partial charge in [-0.3, -0.25) is 4.79 Å². The number of aromatic nitrogens is 3. The zero-order valence-corrected chi connectivity index (χ0v) is 18.5. The molecule has 2 aromatic heterocycles. The number of hydrogen-bond donors (Lipinski definition) is 1. The van der Waals surface area contributed by atoms with Gasteiger partial charge in [0.15, 0.2) is 5.16 Å². The van der Waals surface area contributed by atoms with Gasteiger partial charge in [-0.15, -0.1) is 21.5 Å². The van der Waals surface area contributed by atoms with Crippen molar-refractivity contribution >= 4 is 40.4 Å². The van der Waals surface area contributed by atoms with E-state index in [9.17, 15) is 4.79 Å². The van der Waals surface area contributed by atoms with E-state index >= 15 is 0 Å². The summed E-state index contributed by atoms with van der Waals surface area (Å²) in [7, 11) is 3.99. The first-order chi connectivity index (χ1) is 14.0. The smallest absolute Gasteiger partial charge is 0.237 e. The summed E-state index contributed by atoms with van der Waals surface area (Å²) in [6.45, 7) is 1.92. The Bertz CT molecular complexity index is 962. The predicted octanol–water partition coefficient (Wildman–Crippen LogP) is 4.45. The van der Waals surface area contributed by atoms with Crippen LogP contribution >= 0.6 is 23.1 Å². The Hall–Kier alpha value is -2.32. The molecule has 3 aromatic rings. The summed E-state index contributed by atoms with van der Waals surface area (Å²) >= 11 is 3.22. The molecule has 8 heteroatoms. The highest BCUT2D eigenvalue weighted by Gasteiger charge is 2.31. The normalized spacial score (nSPS) is 14.6. The first-order valence-corrected chi connectivity index (χ1v) is 11.5. The van der Waals surface area contributed by atoms with Crippen molar-refractivity contribution < 1.29 is 4.79 Å². The highest BCUT2D eigenvalue weighted by molar-refractivity contribution is 8.00. The first kappa shape index (κ1) is 20.0. The van der Waals surface area contributed by atoms with Crippen molar-refractivity contribution in [2.75, 3.05) is 24.3 Å². The summed E-state index contributed by atoms with van der Waals surface area (Å²) in [4.78, 5) is 16.0. The van der Waals surface area contributed by atoms with Gasteiger partial charge in [0.2, 0.25) is 5.91 Å². The van der Waals surface area contributed by atoms with E-state index in [1.54, 1.807) is 11.3 Å². The van der Waals surface area contributed by atoms with E-state index in [-0.39, 0.29) is 11.2 Å². The van der Waals surface area contributed by atoms with E-state index in [2.05, 4.69) is 37.6 Å². The minimum atomic E-state index is -0.264. The molecule has 0 saturated heterocycles. The summed E-state index contributed by atoms with van der Waals surface area (Å²) in [5.41, 5.74) is 1.90. The fourth-order valence-electron chi connectivity index (χ4n) is 3.08. The van der Waals surface area contributed by atoms with E-state index in [4.69, 9.17) is 0 Å². The SMILES string of the molecule is C[C@@H](Sc1nnc(Cc2cccs2)n1C1CC1)C(=O)Nc1ccc(N(C)C)cc1. The number of anilines is 2. The predicted molar refractivity (Wildman–Crippen MR) is 120 cm³/mol. The van der Waals surface area contributed by atoms with Crippen molar-refractivity contribution in [2.45, 2.75) is 42.6 Å². The number of carbonyl (C=O) groups is 1. The Labute approximate surface area is 179 Å². The molecule has 1 atom stereocenters. The van der Waals surface area contributed by atoms with Gasteiger partial charge in [-0.2, -0.15) is 0 Å². The minimum absolute atomic E-state index is 0.0299. The molecule has 0 unspecified atom stereocenters. The van der Waals surface area contributed by atoms with Crippen LogP contribution in [0.4, 0.5) is 11.4 Å². The second-order valence-corrected chi connectivity index (χ2v) is 9.79. The second kappa shape index (κ2) is 8.59. The molecule has 0 radical (unpaired) electrons. The number of hydrogen-bond acceptors (Lipinski definition) is 6. The fourth-order valence-corrected chi connectivity index (χ4v) is 4.71. The van der Waals surface area contributed by atoms with Crippen LogP contribution in [0.25, 0.3) is 0 Å². The van der Waals surface area contributed by atoms with Crippen LogP contribution in [0, 0.1) is 0 Å². The van der Waals surface area contributed by atoms with E-state index in [1.165, 1.54) is 16.6 Å². The number of amides is 1. The van der Waals surface area contributed by atoms with Crippen LogP contribution in [0.15, 0.2) is 46.9 Å². The molecule has 1 amide bonds. The number of thioether (sulfide) groups is 1. The number of benzene rings is 1. The Morgan fingerprint density at radius 2 is 2.03 bits per heavy atom. The maximum absolute atomic E-state index is 12.7. The Balaban J connectivity index is 1.43. The van der Waals surface area contributed by atoms with Crippen LogP contribution in [0.3, 0.4) is 0 Å². The molecule has 152 valence electrons. The highest BCUT2D eigenvalue weighted by Crippen LogP contribution is 2.40. The lowest BCUT2D eigenvalue weighted by Gasteiger charge is -2.15. The molecule has 4 rings (SSSR count). The Morgan fingerprint density at radius 1 is 1.28 bits per heavy atom. The highest BCUT2D eigenvalue weighted by atomic mass is 32.2. The van der Waals surface area contributed by atoms with Crippen LogP contribution in [0.5, 0.6) is 0 Å². The second-order valence-electron chi connectivity index (χ2n) is 7.45. The van der Waals surface area contributed by atoms with Crippen LogP contribution in [-0.2, 0) is 11.2 Å².